The van der Waals surface area contributed by atoms with Crippen molar-refractivity contribution in [1.29, 1.82) is 0 Å². The fraction of sp³-hybridized carbons (Fsp3) is 0.467. The van der Waals surface area contributed by atoms with Gasteiger partial charge in [0.25, 0.3) is 0 Å². The van der Waals surface area contributed by atoms with E-state index in [4.69, 9.17) is 16.0 Å². The number of hydrogen-bond donors (Lipinski definition) is 2. The average molecular weight is 312 g/mol. The summed E-state index contributed by atoms with van der Waals surface area (Å²) in [4.78, 5) is 1.14. The first kappa shape index (κ1) is 14.1. The van der Waals surface area contributed by atoms with E-state index in [1.165, 1.54) is 0 Å². The van der Waals surface area contributed by atoms with Crippen molar-refractivity contribution >= 4 is 22.9 Å². The molecule has 0 aliphatic heterocycles. The topological polar surface area (TPSA) is 45.4 Å². The largest absolute Gasteiger partial charge is 0.467 e. The van der Waals surface area contributed by atoms with E-state index < -0.39 is 0 Å². The van der Waals surface area contributed by atoms with Gasteiger partial charge in [-0.2, -0.15) is 0 Å². The number of nitrogens with one attached hydrogen (secondary N) is 1. The Morgan fingerprint density at radius 1 is 1.35 bits per heavy atom. The number of halogens is 1. The van der Waals surface area contributed by atoms with E-state index in [0.717, 1.165) is 40.7 Å². The minimum atomic E-state index is -0.189. The van der Waals surface area contributed by atoms with Gasteiger partial charge >= 0.3 is 0 Å². The Hall–Kier alpha value is -0.810. The predicted octanol–water partition coefficient (Wildman–Crippen LogP) is 3.98. The van der Waals surface area contributed by atoms with Crippen LogP contribution in [-0.4, -0.2) is 17.3 Å². The van der Waals surface area contributed by atoms with Crippen LogP contribution in [0.1, 0.15) is 42.4 Å². The van der Waals surface area contributed by atoms with Crippen LogP contribution >= 0.6 is 22.9 Å². The molecule has 0 bridgehead atoms. The normalized spacial score (nSPS) is 24.7. The van der Waals surface area contributed by atoms with Gasteiger partial charge < -0.3 is 14.8 Å². The van der Waals surface area contributed by atoms with Crippen molar-refractivity contribution in [2.75, 3.05) is 0 Å². The minimum absolute atomic E-state index is 0.0119. The molecule has 2 N–H and O–H groups in total. The molecular weight excluding hydrogens is 294 g/mol. The standard InChI is InChI=1S/C15H18ClNO2S/c16-14-7-6-13(20-14)15(12-5-2-8-19-12)17-10-3-1-4-11(18)9-10/h2,5-8,10-11,15,17-18H,1,3-4,9H2. The van der Waals surface area contributed by atoms with Gasteiger partial charge in [-0.15, -0.1) is 11.3 Å². The number of thiophene rings is 1. The van der Waals surface area contributed by atoms with Gasteiger partial charge in [-0.05, 0) is 49.9 Å². The second-order valence-corrected chi connectivity index (χ2v) is 7.02. The van der Waals surface area contributed by atoms with Crippen molar-refractivity contribution in [2.45, 2.75) is 43.9 Å². The van der Waals surface area contributed by atoms with Crippen LogP contribution in [0.3, 0.4) is 0 Å². The lowest BCUT2D eigenvalue weighted by Gasteiger charge is -2.29. The van der Waals surface area contributed by atoms with Crippen molar-refractivity contribution < 1.29 is 9.52 Å². The van der Waals surface area contributed by atoms with E-state index in [-0.39, 0.29) is 12.1 Å². The highest BCUT2D eigenvalue weighted by Gasteiger charge is 2.26. The first-order valence-electron chi connectivity index (χ1n) is 6.95. The van der Waals surface area contributed by atoms with Gasteiger partial charge in [0, 0.05) is 10.9 Å². The SMILES string of the molecule is OC1CCCC(NC(c2ccco2)c2ccc(Cl)s2)C1. The molecule has 3 unspecified atom stereocenters. The van der Waals surface area contributed by atoms with E-state index in [2.05, 4.69) is 5.32 Å². The lowest BCUT2D eigenvalue weighted by Crippen LogP contribution is -2.38. The average Bonchev–Trinajstić information content (AvgIpc) is 3.07. The summed E-state index contributed by atoms with van der Waals surface area (Å²) in [5.74, 6) is 0.892. The van der Waals surface area contributed by atoms with E-state index >= 15 is 0 Å². The van der Waals surface area contributed by atoms with Crippen LogP contribution in [0, 0.1) is 0 Å². The molecule has 3 nitrogen and oxygen atoms in total. The number of aliphatic hydroxyl groups is 1. The highest BCUT2D eigenvalue weighted by atomic mass is 35.5. The first-order chi connectivity index (χ1) is 9.72. The molecule has 1 saturated carbocycles. The zero-order valence-corrected chi connectivity index (χ0v) is 12.7. The number of furan rings is 1. The van der Waals surface area contributed by atoms with Crippen molar-refractivity contribution in [3.05, 3.63) is 45.5 Å². The summed E-state index contributed by atoms with van der Waals surface area (Å²) in [6, 6.07) is 8.15. The summed E-state index contributed by atoms with van der Waals surface area (Å²) in [5, 5.41) is 13.4. The van der Waals surface area contributed by atoms with Gasteiger partial charge in [-0.1, -0.05) is 11.6 Å². The molecular formula is C15H18ClNO2S. The Morgan fingerprint density at radius 2 is 2.25 bits per heavy atom. The summed E-state index contributed by atoms with van der Waals surface area (Å²) in [6.07, 6.45) is 5.37. The molecule has 0 amide bonds. The molecule has 108 valence electrons. The van der Waals surface area contributed by atoms with Gasteiger partial charge in [-0.25, -0.2) is 0 Å². The maximum absolute atomic E-state index is 9.82. The molecule has 0 spiro atoms. The lowest BCUT2D eigenvalue weighted by atomic mass is 9.92. The molecule has 2 aromatic rings. The highest BCUT2D eigenvalue weighted by molar-refractivity contribution is 7.16. The van der Waals surface area contributed by atoms with E-state index in [9.17, 15) is 5.11 Å². The molecule has 3 rings (SSSR count). The minimum Gasteiger partial charge on any atom is -0.467 e. The van der Waals surface area contributed by atoms with Crippen LogP contribution in [0.15, 0.2) is 34.9 Å². The summed E-state index contributed by atoms with van der Waals surface area (Å²) in [5.41, 5.74) is 0. The molecule has 2 heterocycles. The highest BCUT2D eigenvalue weighted by Crippen LogP contribution is 2.33. The molecule has 0 saturated heterocycles. The zero-order valence-electron chi connectivity index (χ0n) is 11.1. The van der Waals surface area contributed by atoms with Crippen LogP contribution in [0.5, 0.6) is 0 Å². The molecule has 0 radical (unpaired) electrons. The Bertz CT molecular complexity index is 540. The third kappa shape index (κ3) is 3.26. The fourth-order valence-electron chi connectivity index (χ4n) is 2.79. The summed E-state index contributed by atoms with van der Waals surface area (Å²) >= 11 is 7.62. The third-order valence-electron chi connectivity index (χ3n) is 3.76. The van der Waals surface area contributed by atoms with Crippen molar-refractivity contribution in [3.63, 3.8) is 0 Å². The van der Waals surface area contributed by atoms with Crippen LogP contribution in [0.2, 0.25) is 4.34 Å². The number of hydrogen-bond acceptors (Lipinski definition) is 4. The molecule has 0 aromatic carbocycles. The molecule has 3 atom stereocenters. The van der Waals surface area contributed by atoms with Gasteiger partial charge in [0.15, 0.2) is 0 Å². The third-order valence-corrected chi connectivity index (χ3v) is 5.05. The zero-order chi connectivity index (χ0) is 13.9. The summed E-state index contributed by atoms with van der Waals surface area (Å²) in [6.45, 7) is 0. The lowest BCUT2D eigenvalue weighted by molar-refractivity contribution is 0.109. The predicted molar refractivity (Wildman–Crippen MR) is 81.3 cm³/mol. The monoisotopic (exact) mass is 311 g/mol. The maximum Gasteiger partial charge on any atom is 0.126 e. The second-order valence-electron chi connectivity index (χ2n) is 5.27. The number of rotatable bonds is 4. The quantitative estimate of drug-likeness (QED) is 0.898. The summed E-state index contributed by atoms with van der Waals surface area (Å²) in [7, 11) is 0. The molecule has 1 aliphatic rings. The van der Waals surface area contributed by atoms with Gasteiger partial charge in [0.1, 0.15) is 11.8 Å². The molecule has 5 heteroatoms. The van der Waals surface area contributed by atoms with Gasteiger partial charge in [0.05, 0.1) is 16.7 Å². The molecule has 2 aromatic heterocycles. The maximum atomic E-state index is 9.82. The Kier molecular flexibility index (Phi) is 4.46. The smallest absolute Gasteiger partial charge is 0.126 e. The second kappa shape index (κ2) is 6.31. The number of aliphatic hydroxyl groups excluding tert-OH is 1. The van der Waals surface area contributed by atoms with Crippen molar-refractivity contribution in [2.24, 2.45) is 0 Å². The summed E-state index contributed by atoms with van der Waals surface area (Å²) < 4.78 is 6.35. The Labute approximate surface area is 127 Å². The van der Waals surface area contributed by atoms with Crippen LogP contribution in [-0.2, 0) is 0 Å². The van der Waals surface area contributed by atoms with Crippen LogP contribution in [0.4, 0.5) is 0 Å². The van der Waals surface area contributed by atoms with Gasteiger partial charge in [0.2, 0.25) is 0 Å². The Morgan fingerprint density at radius 3 is 2.90 bits per heavy atom. The first-order valence-corrected chi connectivity index (χ1v) is 8.14. The van der Waals surface area contributed by atoms with E-state index in [1.54, 1.807) is 17.6 Å². The fourth-order valence-corrected chi connectivity index (χ4v) is 3.92. The molecule has 20 heavy (non-hydrogen) atoms. The van der Waals surface area contributed by atoms with Gasteiger partial charge in [-0.3, -0.25) is 0 Å². The van der Waals surface area contributed by atoms with E-state index in [1.807, 2.05) is 24.3 Å². The van der Waals surface area contributed by atoms with E-state index in [0.29, 0.717) is 6.04 Å². The Balaban J connectivity index is 1.79. The van der Waals surface area contributed by atoms with Crippen LogP contribution < -0.4 is 5.32 Å². The van der Waals surface area contributed by atoms with Crippen molar-refractivity contribution in [1.82, 2.24) is 5.32 Å². The molecule has 1 aliphatic carbocycles. The van der Waals surface area contributed by atoms with Crippen LogP contribution in [0.25, 0.3) is 0 Å². The van der Waals surface area contributed by atoms with Crippen molar-refractivity contribution in [3.8, 4) is 0 Å². The molecule has 1 fully saturated rings.